The Morgan fingerprint density at radius 1 is 0.950 bits per heavy atom. The van der Waals surface area contributed by atoms with Gasteiger partial charge in [0.15, 0.2) is 0 Å². The van der Waals surface area contributed by atoms with Crippen molar-refractivity contribution in [2.24, 2.45) is 0 Å². The van der Waals surface area contributed by atoms with Crippen LogP contribution < -0.4 is 0 Å². The van der Waals surface area contributed by atoms with Crippen LogP contribution in [0.3, 0.4) is 0 Å². The Labute approximate surface area is 122 Å². The Hall–Kier alpha value is -1.31. The number of fused-ring (bicyclic) bond motifs is 1. The van der Waals surface area contributed by atoms with Gasteiger partial charge in [-0.1, -0.05) is 57.7 Å². The van der Waals surface area contributed by atoms with E-state index in [9.17, 15) is 4.79 Å². The number of unbranched alkanes of at least 4 members (excludes halogenated alkanes) is 4. The van der Waals surface area contributed by atoms with Crippen molar-refractivity contribution in [3.05, 3.63) is 35.4 Å². The van der Waals surface area contributed by atoms with Gasteiger partial charge in [-0.3, -0.25) is 0 Å². The summed E-state index contributed by atoms with van der Waals surface area (Å²) in [6, 6.07) is 7.93. The molecule has 0 aromatic heterocycles. The molecule has 1 aliphatic rings. The number of esters is 1. The molecule has 110 valence electrons. The van der Waals surface area contributed by atoms with Crippen molar-refractivity contribution in [1.82, 2.24) is 0 Å². The molecule has 1 heterocycles. The first-order chi connectivity index (χ1) is 9.73. The molecule has 2 rings (SSSR count). The zero-order valence-corrected chi connectivity index (χ0v) is 12.8. The number of benzene rings is 1. The minimum atomic E-state index is -0.349. The van der Waals surface area contributed by atoms with E-state index in [4.69, 9.17) is 4.74 Å². The Bertz CT molecular complexity index is 440. The van der Waals surface area contributed by atoms with Crippen molar-refractivity contribution in [2.45, 2.75) is 70.8 Å². The lowest BCUT2D eigenvalue weighted by atomic mass is 9.83. The molecule has 0 amide bonds. The molecule has 0 aliphatic carbocycles. The van der Waals surface area contributed by atoms with Crippen molar-refractivity contribution < 1.29 is 9.53 Å². The standard InChI is InChI=1S/C18H26O2/c1-3-5-9-13-18(14-10-6-4-2)16-12-8-7-11-15(16)17(19)20-18/h7-8,11-12H,3-6,9-10,13-14H2,1-2H3. The highest BCUT2D eigenvalue weighted by Crippen LogP contribution is 2.44. The third kappa shape index (κ3) is 3.05. The molecular formula is C18H26O2. The van der Waals surface area contributed by atoms with E-state index in [1.54, 1.807) is 0 Å². The summed E-state index contributed by atoms with van der Waals surface area (Å²) in [6.45, 7) is 4.41. The second-order valence-electron chi connectivity index (χ2n) is 5.84. The van der Waals surface area contributed by atoms with Crippen LogP contribution in [0.5, 0.6) is 0 Å². The van der Waals surface area contributed by atoms with E-state index in [0.29, 0.717) is 0 Å². The lowest BCUT2D eigenvalue weighted by Crippen LogP contribution is -2.26. The number of rotatable bonds is 8. The van der Waals surface area contributed by atoms with Crippen molar-refractivity contribution in [2.75, 3.05) is 0 Å². The molecule has 0 N–H and O–H groups in total. The van der Waals surface area contributed by atoms with Gasteiger partial charge in [-0.15, -0.1) is 0 Å². The average Bonchev–Trinajstić information content (AvgIpc) is 2.74. The number of hydrogen-bond acceptors (Lipinski definition) is 2. The van der Waals surface area contributed by atoms with E-state index in [1.807, 2.05) is 18.2 Å². The smallest absolute Gasteiger partial charge is 0.339 e. The van der Waals surface area contributed by atoms with Crippen LogP contribution in [0, 0.1) is 0 Å². The molecule has 0 atom stereocenters. The van der Waals surface area contributed by atoms with Gasteiger partial charge in [0, 0.05) is 5.56 Å². The highest BCUT2D eigenvalue weighted by molar-refractivity contribution is 5.94. The molecule has 0 spiro atoms. The number of hydrogen-bond donors (Lipinski definition) is 0. The first kappa shape index (κ1) is 15.1. The molecule has 0 radical (unpaired) electrons. The third-order valence-corrected chi connectivity index (χ3v) is 4.29. The Morgan fingerprint density at radius 2 is 1.55 bits per heavy atom. The van der Waals surface area contributed by atoms with Gasteiger partial charge in [0.1, 0.15) is 5.60 Å². The van der Waals surface area contributed by atoms with Crippen LogP contribution in [0.25, 0.3) is 0 Å². The highest BCUT2D eigenvalue weighted by Gasteiger charge is 2.44. The van der Waals surface area contributed by atoms with Crippen LogP contribution in [0.2, 0.25) is 0 Å². The lowest BCUT2D eigenvalue weighted by molar-refractivity contribution is -0.0201. The Balaban J connectivity index is 2.21. The van der Waals surface area contributed by atoms with Crippen LogP contribution in [0.1, 0.15) is 81.1 Å². The molecule has 1 aromatic carbocycles. The predicted octanol–water partition coefficient (Wildman–Crippen LogP) is 5.21. The van der Waals surface area contributed by atoms with Crippen molar-refractivity contribution in [3.8, 4) is 0 Å². The fraction of sp³-hybridized carbons (Fsp3) is 0.611. The first-order valence-corrected chi connectivity index (χ1v) is 8.06. The Kier molecular flexibility index (Phi) is 5.22. The SMILES string of the molecule is CCCCCC1(CCCCC)OC(=O)c2ccccc21. The van der Waals surface area contributed by atoms with E-state index in [0.717, 1.165) is 36.8 Å². The monoisotopic (exact) mass is 274 g/mol. The van der Waals surface area contributed by atoms with E-state index in [1.165, 1.54) is 25.7 Å². The summed E-state index contributed by atoms with van der Waals surface area (Å²) in [5, 5.41) is 0. The summed E-state index contributed by atoms with van der Waals surface area (Å²) in [5.74, 6) is -0.131. The second-order valence-corrected chi connectivity index (χ2v) is 5.84. The third-order valence-electron chi connectivity index (χ3n) is 4.29. The molecular weight excluding hydrogens is 248 g/mol. The van der Waals surface area contributed by atoms with Crippen LogP contribution >= 0.6 is 0 Å². The minimum absolute atomic E-state index is 0.131. The highest BCUT2D eigenvalue weighted by atomic mass is 16.6. The molecule has 0 bridgehead atoms. The average molecular weight is 274 g/mol. The summed E-state index contributed by atoms with van der Waals surface area (Å²) in [7, 11) is 0. The van der Waals surface area contributed by atoms with Crippen LogP contribution in [0.15, 0.2) is 24.3 Å². The van der Waals surface area contributed by atoms with E-state index < -0.39 is 0 Å². The molecule has 0 saturated carbocycles. The predicted molar refractivity (Wildman–Crippen MR) is 81.8 cm³/mol. The van der Waals surface area contributed by atoms with Gasteiger partial charge < -0.3 is 4.74 Å². The summed E-state index contributed by atoms with van der Waals surface area (Å²) < 4.78 is 5.87. The van der Waals surface area contributed by atoms with Gasteiger partial charge in [-0.2, -0.15) is 0 Å². The van der Waals surface area contributed by atoms with Gasteiger partial charge in [-0.05, 0) is 31.7 Å². The molecule has 1 aromatic rings. The molecule has 20 heavy (non-hydrogen) atoms. The van der Waals surface area contributed by atoms with Crippen LogP contribution in [-0.4, -0.2) is 5.97 Å². The second kappa shape index (κ2) is 6.92. The van der Waals surface area contributed by atoms with E-state index in [2.05, 4.69) is 19.9 Å². The molecule has 1 aliphatic heterocycles. The van der Waals surface area contributed by atoms with Crippen LogP contribution in [-0.2, 0) is 10.3 Å². The normalized spacial score (nSPS) is 16.0. The minimum Gasteiger partial charge on any atom is -0.451 e. The fourth-order valence-corrected chi connectivity index (χ4v) is 3.16. The van der Waals surface area contributed by atoms with Gasteiger partial charge in [-0.25, -0.2) is 4.79 Å². The van der Waals surface area contributed by atoms with Crippen molar-refractivity contribution >= 4 is 5.97 Å². The molecule has 0 unspecified atom stereocenters. The molecule has 2 nitrogen and oxygen atoms in total. The van der Waals surface area contributed by atoms with Crippen LogP contribution in [0.4, 0.5) is 0 Å². The quantitative estimate of drug-likeness (QED) is 0.480. The maximum Gasteiger partial charge on any atom is 0.339 e. The van der Waals surface area contributed by atoms with Crippen molar-refractivity contribution in [1.29, 1.82) is 0 Å². The summed E-state index contributed by atoms with van der Waals surface area (Å²) >= 11 is 0. The summed E-state index contributed by atoms with van der Waals surface area (Å²) in [5.41, 5.74) is 1.55. The molecule has 2 heteroatoms. The molecule has 0 fully saturated rings. The van der Waals surface area contributed by atoms with Crippen molar-refractivity contribution in [3.63, 3.8) is 0 Å². The lowest BCUT2D eigenvalue weighted by Gasteiger charge is -2.29. The largest absolute Gasteiger partial charge is 0.451 e. The number of carbonyl (C=O) groups excluding carboxylic acids is 1. The zero-order valence-electron chi connectivity index (χ0n) is 12.8. The van der Waals surface area contributed by atoms with E-state index in [-0.39, 0.29) is 11.6 Å². The van der Waals surface area contributed by atoms with Gasteiger partial charge in [0.05, 0.1) is 5.56 Å². The first-order valence-electron chi connectivity index (χ1n) is 8.06. The maximum atomic E-state index is 12.1. The van der Waals surface area contributed by atoms with Gasteiger partial charge >= 0.3 is 5.97 Å². The topological polar surface area (TPSA) is 26.3 Å². The van der Waals surface area contributed by atoms with E-state index >= 15 is 0 Å². The summed E-state index contributed by atoms with van der Waals surface area (Å²) in [6.07, 6.45) is 8.99. The van der Waals surface area contributed by atoms with Gasteiger partial charge in [0.2, 0.25) is 0 Å². The Morgan fingerprint density at radius 3 is 2.15 bits per heavy atom. The number of carbonyl (C=O) groups is 1. The summed E-state index contributed by atoms with van der Waals surface area (Å²) in [4.78, 5) is 12.1. The number of ether oxygens (including phenoxy) is 1. The zero-order chi connectivity index (χ0) is 14.4. The number of cyclic esters (lactones) is 1. The maximum absolute atomic E-state index is 12.1. The van der Waals surface area contributed by atoms with Gasteiger partial charge in [0.25, 0.3) is 0 Å². The fourth-order valence-electron chi connectivity index (χ4n) is 3.16. The molecule has 0 saturated heterocycles.